The first-order valence-corrected chi connectivity index (χ1v) is 15.1. The van der Waals surface area contributed by atoms with Crippen LogP contribution in [0, 0.1) is 6.92 Å². The van der Waals surface area contributed by atoms with Gasteiger partial charge in [0, 0.05) is 68.5 Å². The Morgan fingerprint density at radius 3 is 2.49 bits per heavy atom. The van der Waals surface area contributed by atoms with E-state index in [2.05, 4.69) is 42.4 Å². The molecule has 0 bridgehead atoms. The Hall–Kier alpha value is -4.49. The third-order valence-electron chi connectivity index (χ3n) is 8.20. The monoisotopic (exact) mass is 619 g/mol. The Bertz CT molecular complexity index is 1630. The first-order valence-electron chi connectivity index (χ1n) is 15.1. The van der Waals surface area contributed by atoms with Crippen molar-refractivity contribution in [2.45, 2.75) is 45.5 Å². The Kier molecular flexibility index (Phi) is 8.72. The number of hydrogen-bond acceptors (Lipinski definition) is 8. The topological polar surface area (TPSA) is 105 Å². The molecule has 236 valence electrons. The van der Waals surface area contributed by atoms with Gasteiger partial charge in [0.05, 0.1) is 11.3 Å². The fourth-order valence-electron chi connectivity index (χ4n) is 5.47. The van der Waals surface area contributed by atoms with E-state index in [1.807, 2.05) is 28.9 Å². The number of aromatic nitrogens is 4. The zero-order valence-electron chi connectivity index (χ0n) is 25.2. The molecule has 3 heterocycles. The van der Waals surface area contributed by atoms with Crippen molar-refractivity contribution < 1.29 is 18.0 Å². The number of anilines is 5. The Balaban J connectivity index is 1.25. The first-order chi connectivity index (χ1) is 21.7. The molecular weight excluding hydrogens is 583 g/mol. The normalized spacial score (nSPS) is 16.0. The molecule has 0 spiro atoms. The average molecular weight is 620 g/mol. The maximum atomic E-state index is 14.2. The van der Waals surface area contributed by atoms with Gasteiger partial charge in [-0.05, 0) is 61.7 Å². The molecule has 2 aromatic heterocycles. The lowest BCUT2D eigenvalue weighted by Gasteiger charge is -2.34. The second-order valence-corrected chi connectivity index (χ2v) is 11.5. The highest BCUT2D eigenvalue weighted by molar-refractivity contribution is 6.04. The van der Waals surface area contributed by atoms with Crippen molar-refractivity contribution >= 4 is 34.9 Å². The van der Waals surface area contributed by atoms with Gasteiger partial charge in [-0.15, -0.1) is 0 Å². The summed E-state index contributed by atoms with van der Waals surface area (Å²) in [5.41, 5.74) is 1.25. The van der Waals surface area contributed by atoms with Crippen LogP contribution < -0.4 is 15.5 Å². The number of hydrogen-bond donors (Lipinski definition) is 3. The van der Waals surface area contributed by atoms with E-state index in [9.17, 15) is 18.0 Å². The molecule has 0 radical (unpaired) electrons. The molecule has 0 unspecified atom stereocenters. The Labute approximate surface area is 259 Å². The summed E-state index contributed by atoms with van der Waals surface area (Å²) in [6.45, 7) is 8.14. The molecule has 10 nitrogen and oxygen atoms in total. The van der Waals surface area contributed by atoms with Crippen LogP contribution in [0.1, 0.15) is 46.8 Å². The third kappa shape index (κ3) is 7.26. The summed E-state index contributed by atoms with van der Waals surface area (Å²) in [7, 11) is 0. The maximum absolute atomic E-state index is 14.2. The van der Waals surface area contributed by atoms with Gasteiger partial charge < -0.3 is 20.5 Å². The van der Waals surface area contributed by atoms with Gasteiger partial charge in [0.25, 0.3) is 5.91 Å². The molecule has 1 aliphatic heterocycles. The first kappa shape index (κ1) is 30.5. The number of carbonyl (C=O) groups excluding carboxylic acids is 1. The lowest BCUT2D eigenvalue weighted by atomic mass is 10.0. The van der Waals surface area contributed by atoms with E-state index < -0.39 is 17.6 Å². The summed E-state index contributed by atoms with van der Waals surface area (Å²) >= 11 is 0. The van der Waals surface area contributed by atoms with Crippen molar-refractivity contribution in [3.8, 4) is 0 Å². The highest BCUT2D eigenvalue weighted by atomic mass is 19.4. The van der Waals surface area contributed by atoms with Gasteiger partial charge >= 0.3 is 6.18 Å². The predicted octanol–water partition coefficient (Wildman–Crippen LogP) is 5.96. The molecule has 1 aliphatic carbocycles. The Morgan fingerprint density at radius 2 is 1.80 bits per heavy atom. The van der Waals surface area contributed by atoms with E-state index in [1.165, 1.54) is 18.5 Å². The van der Waals surface area contributed by atoms with Crippen molar-refractivity contribution in [3.63, 3.8) is 0 Å². The minimum atomic E-state index is -4.60. The number of piperazine rings is 1. The van der Waals surface area contributed by atoms with Crippen molar-refractivity contribution in [2.75, 3.05) is 48.3 Å². The van der Waals surface area contributed by atoms with Gasteiger partial charge in [-0.1, -0.05) is 19.1 Å². The molecule has 4 aromatic rings. The standard InChI is InChI=1S/C32H36F3N9O/c1-3-42-12-14-43(15-13-42)19-23-6-5-22(16-26(23)32(33,34)35)30(45)41-25-7-4-21(2)27(17-25)44(31-36-10-11-37-31)29-18-28(38-20-39-29)40-24-8-9-24/h4-7,10-11,16-18,20,24H,3,8-9,12-15,19H2,1-2H3,(H,36,37)(H,41,45)(H,38,39,40). The number of halogens is 3. The number of imidazole rings is 1. The summed E-state index contributed by atoms with van der Waals surface area (Å²) in [5, 5.41) is 6.16. The van der Waals surface area contributed by atoms with Gasteiger partial charge in [-0.2, -0.15) is 13.2 Å². The quantitative estimate of drug-likeness (QED) is 0.200. The highest BCUT2D eigenvalue weighted by Crippen LogP contribution is 2.37. The molecule has 1 saturated heterocycles. The third-order valence-corrected chi connectivity index (χ3v) is 8.20. The molecular formula is C32H36F3N9O. The van der Waals surface area contributed by atoms with Crippen molar-refractivity contribution in [1.29, 1.82) is 0 Å². The smallest absolute Gasteiger partial charge is 0.367 e. The van der Waals surface area contributed by atoms with Crippen LogP contribution in [0.2, 0.25) is 0 Å². The average Bonchev–Trinajstić information content (AvgIpc) is 3.68. The second-order valence-electron chi connectivity index (χ2n) is 11.5. The lowest BCUT2D eigenvalue weighted by molar-refractivity contribution is -0.138. The van der Waals surface area contributed by atoms with E-state index in [1.54, 1.807) is 24.5 Å². The van der Waals surface area contributed by atoms with Gasteiger partial charge in [0.2, 0.25) is 5.95 Å². The van der Waals surface area contributed by atoms with E-state index in [-0.39, 0.29) is 17.7 Å². The molecule has 2 aliphatic rings. The lowest BCUT2D eigenvalue weighted by Crippen LogP contribution is -2.45. The number of aromatic amines is 1. The molecule has 45 heavy (non-hydrogen) atoms. The van der Waals surface area contributed by atoms with Crippen LogP contribution in [0.4, 0.5) is 42.1 Å². The van der Waals surface area contributed by atoms with E-state index >= 15 is 0 Å². The zero-order valence-corrected chi connectivity index (χ0v) is 25.2. The fraction of sp³-hybridized carbons (Fsp3) is 0.375. The van der Waals surface area contributed by atoms with Crippen molar-refractivity contribution in [1.82, 2.24) is 29.7 Å². The Morgan fingerprint density at radius 1 is 1.02 bits per heavy atom. The maximum Gasteiger partial charge on any atom is 0.416 e. The summed E-state index contributed by atoms with van der Waals surface area (Å²) in [6, 6.07) is 11.4. The fourth-order valence-corrected chi connectivity index (χ4v) is 5.47. The molecule has 1 amide bonds. The van der Waals surface area contributed by atoms with E-state index in [0.29, 0.717) is 48.1 Å². The largest absolute Gasteiger partial charge is 0.416 e. The molecule has 13 heteroatoms. The number of amides is 1. The number of carbonyl (C=O) groups is 1. The molecule has 2 aromatic carbocycles. The summed E-state index contributed by atoms with van der Waals surface area (Å²) in [6.07, 6.45) is 2.38. The highest BCUT2D eigenvalue weighted by Gasteiger charge is 2.35. The molecule has 6 rings (SSSR count). The molecule has 1 saturated carbocycles. The van der Waals surface area contributed by atoms with Gasteiger partial charge in [-0.3, -0.25) is 14.6 Å². The minimum Gasteiger partial charge on any atom is -0.367 e. The predicted molar refractivity (Wildman–Crippen MR) is 167 cm³/mol. The second kappa shape index (κ2) is 12.9. The number of alkyl halides is 3. The molecule has 3 N–H and O–H groups in total. The van der Waals surface area contributed by atoms with Crippen LogP contribution in [-0.2, 0) is 12.7 Å². The van der Waals surface area contributed by atoms with Crippen LogP contribution in [0.15, 0.2) is 61.2 Å². The summed E-state index contributed by atoms with van der Waals surface area (Å²) in [4.78, 5) is 35.8. The van der Waals surface area contributed by atoms with Crippen LogP contribution in [0.25, 0.3) is 0 Å². The number of nitrogens with zero attached hydrogens (tertiary/aromatic N) is 6. The summed E-state index contributed by atoms with van der Waals surface area (Å²) < 4.78 is 42.6. The number of rotatable bonds is 10. The van der Waals surface area contributed by atoms with Gasteiger partial charge in [0.15, 0.2) is 0 Å². The van der Waals surface area contributed by atoms with Crippen LogP contribution in [0.3, 0.4) is 0 Å². The van der Waals surface area contributed by atoms with Crippen LogP contribution in [-0.4, -0.2) is 74.4 Å². The van der Waals surface area contributed by atoms with Crippen LogP contribution >= 0.6 is 0 Å². The molecule has 0 atom stereocenters. The van der Waals surface area contributed by atoms with E-state index in [0.717, 1.165) is 44.1 Å². The van der Waals surface area contributed by atoms with E-state index in [4.69, 9.17) is 0 Å². The number of nitrogens with one attached hydrogen (secondary N) is 3. The number of aryl methyl sites for hydroxylation is 1. The number of likely N-dealkylation sites (N-methyl/N-ethyl adjacent to an activating group) is 1. The van der Waals surface area contributed by atoms with Crippen LogP contribution in [0.5, 0.6) is 0 Å². The van der Waals surface area contributed by atoms with Gasteiger partial charge in [-0.25, -0.2) is 15.0 Å². The zero-order chi connectivity index (χ0) is 31.6. The number of H-pyrrole nitrogens is 1. The molecule has 2 fully saturated rings. The summed E-state index contributed by atoms with van der Waals surface area (Å²) in [5.74, 6) is 1.10. The minimum absolute atomic E-state index is 0.0708. The van der Waals surface area contributed by atoms with Gasteiger partial charge in [0.1, 0.15) is 18.0 Å². The van der Waals surface area contributed by atoms with Crippen molar-refractivity contribution in [2.24, 2.45) is 0 Å². The SMILES string of the molecule is CCN1CCN(Cc2ccc(C(=O)Nc3ccc(C)c(N(c4cc(NC5CC5)ncn4)c4ncc[nH]4)c3)cc2C(F)(F)F)CC1. The van der Waals surface area contributed by atoms with Crippen molar-refractivity contribution in [3.05, 3.63) is 83.4 Å². The number of benzene rings is 2.